The van der Waals surface area contributed by atoms with Crippen LogP contribution in [-0.4, -0.2) is 33.8 Å². The molecule has 1 aromatic rings. The molecule has 1 heterocycles. The summed E-state index contributed by atoms with van der Waals surface area (Å²) in [7, 11) is 0. The van der Waals surface area contributed by atoms with Crippen molar-refractivity contribution < 1.29 is 0 Å². The van der Waals surface area contributed by atoms with Gasteiger partial charge in [0.2, 0.25) is 0 Å². The molecule has 1 aliphatic heterocycles. The van der Waals surface area contributed by atoms with Gasteiger partial charge in [0, 0.05) is 17.0 Å². The number of amidine groups is 1. The fraction of sp³-hybridized carbons (Fsp3) is 0.471. The number of rotatable bonds is 5. The lowest BCUT2D eigenvalue weighted by molar-refractivity contribution is 0.719. The molecule has 0 spiro atoms. The molecule has 3 N–H and O–H groups in total. The summed E-state index contributed by atoms with van der Waals surface area (Å²) in [4.78, 5) is 4.53. The summed E-state index contributed by atoms with van der Waals surface area (Å²) in [5.41, 5.74) is 5.84. The summed E-state index contributed by atoms with van der Waals surface area (Å²) in [6, 6.07) is 8.45. The van der Waals surface area contributed by atoms with Crippen LogP contribution in [0, 0.1) is 0 Å². The first-order valence-corrected chi connectivity index (χ1v) is 9.46. The molecule has 130 valence electrons. The second-order valence-corrected chi connectivity index (χ2v) is 7.63. The van der Waals surface area contributed by atoms with E-state index in [9.17, 15) is 0 Å². The second kappa shape index (κ2) is 9.03. The van der Waals surface area contributed by atoms with Gasteiger partial charge in [-0.2, -0.15) is 5.10 Å². The largest absolute Gasteiger partial charge is 0.359 e. The van der Waals surface area contributed by atoms with E-state index in [4.69, 9.17) is 12.2 Å². The maximum absolute atomic E-state index is 5.16. The molecule has 2 rings (SSSR count). The topological polar surface area (TPSA) is 60.8 Å². The fourth-order valence-electron chi connectivity index (χ4n) is 2.11. The predicted molar refractivity (Wildman–Crippen MR) is 110 cm³/mol. The number of nitrogens with one attached hydrogen (secondary N) is 3. The Hall–Kier alpha value is -1.60. The van der Waals surface area contributed by atoms with Gasteiger partial charge in [0.1, 0.15) is 0 Å². The Balaban J connectivity index is 1.90. The fourth-order valence-corrected chi connectivity index (χ4v) is 3.35. The van der Waals surface area contributed by atoms with E-state index in [1.54, 1.807) is 0 Å². The molecule has 0 unspecified atom stereocenters. The van der Waals surface area contributed by atoms with Crippen LogP contribution in [0.5, 0.6) is 0 Å². The molecule has 0 bridgehead atoms. The lowest BCUT2D eigenvalue weighted by atomic mass is 10.1. The zero-order valence-corrected chi connectivity index (χ0v) is 16.2. The minimum absolute atomic E-state index is 0.287. The Labute approximate surface area is 153 Å². The highest BCUT2D eigenvalue weighted by Crippen LogP contribution is 2.24. The highest BCUT2D eigenvalue weighted by atomic mass is 32.2. The van der Waals surface area contributed by atoms with E-state index in [0.29, 0.717) is 10.4 Å². The third-order valence-corrected chi connectivity index (χ3v) is 4.95. The number of thioether (sulfide) groups is 1. The van der Waals surface area contributed by atoms with E-state index in [1.165, 1.54) is 0 Å². The van der Waals surface area contributed by atoms with E-state index in [1.807, 2.05) is 56.8 Å². The first-order valence-electron chi connectivity index (χ1n) is 8.17. The van der Waals surface area contributed by atoms with E-state index in [2.05, 4.69) is 33.1 Å². The predicted octanol–water partition coefficient (Wildman–Crippen LogP) is 3.58. The maximum atomic E-state index is 5.16. The highest BCUT2D eigenvalue weighted by molar-refractivity contribution is 8.15. The first kappa shape index (κ1) is 18.7. The van der Waals surface area contributed by atoms with Crippen LogP contribution in [0.1, 0.15) is 39.7 Å². The van der Waals surface area contributed by atoms with Gasteiger partial charge in [-0.1, -0.05) is 30.8 Å². The number of anilines is 1. The van der Waals surface area contributed by atoms with Crippen LogP contribution < -0.4 is 16.1 Å². The number of hydrazone groups is 1. The SMILES string of the molecule is CC[C@@H]1CN=C(Nc2ccc(/C(C)=N\NC(=S)NC(C)C)cc2)S1. The van der Waals surface area contributed by atoms with Crippen molar-refractivity contribution in [2.75, 3.05) is 11.9 Å². The Morgan fingerprint density at radius 2 is 2.08 bits per heavy atom. The first-order chi connectivity index (χ1) is 11.5. The summed E-state index contributed by atoms with van der Waals surface area (Å²) in [5, 5.41) is 12.9. The van der Waals surface area contributed by atoms with Gasteiger partial charge < -0.3 is 10.6 Å². The molecule has 7 heteroatoms. The minimum Gasteiger partial charge on any atom is -0.359 e. The Bertz CT molecular complexity index is 622. The van der Waals surface area contributed by atoms with Gasteiger partial charge in [0.05, 0.1) is 12.3 Å². The molecule has 0 saturated heterocycles. The van der Waals surface area contributed by atoms with Crippen molar-refractivity contribution in [3.05, 3.63) is 29.8 Å². The minimum atomic E-state index is 0.287. The van der Waals surface area contributed by atoms with Crippen LogP contribution in [0.15, 0.2) is 34.4 Å². The average molecular weight is 364 g/mol. The van der Waals surface area contributed by atoms with Gasteiger partial charge in [-0.25, -0.2) is 0 Å². The molecular formula is C17H25N5S2. The van der Waals surface area contributed by atoms with Crippen LogP contribution >= 0.6 is 24.0 Å². The van der Waals surface area contributed by atoms with Crippen molar-refractivity contribution >= 4 is 45.7 Å². The van der Waals surface area contributed by atoms with Gasteiger partial charge in [-0.05, 0) is 57.1 Å². The zero-order valence-electron chi connectivity index (χ0n) is 14.6. The van der Waals surface area contributed by atoms with Crippen molar-refractivity contribution in [1.82, 2.24) is 10.7 Å². The number of benzene rings is 1. The second-order valence-electron chi connectivity index (χ2n) is 5.93. The van der Waals surface area contributed by atoms with Crippen molar-refractivity contribution in [1.29, 1.82) is 0 Å². The molecule has 0 saturated carbocycles. The van der Waals surface area contributed by atoms with Crippen molar-refractivity contribution in [2.45, 2.75) is 45.4 Å². The Morgan fingerprint density at radius 3 is 2.67 bits per heavy atom. The van der Waals surface area contributed by atoms with Gasteiger partial charge in [-0.15, -0.1) is 0 Å². The average Bonchev–Trinajstić information content (AvgIpc) is 3.00. The van der Waals surface area contributed by atoms with Gasteiger partial charge in [0.15, 0.2) is 10.3 Å². The zero-order chi connectivity index (χ0) is 17.5. The Kier molecular flexibility index (Phi) is 7.05. The van der Waals surface area contributed by atoms with Crippen LogP contribution in [0.3, 0.4) is 0 Å². The van der Waals surface area contributed by atoms with E-state index in [0.717, 1.165) is 35.1 Å². The lowest BCUT2D eigenvalue weighted by Crippen LogP contribution is -2.37. The molecule has 0 amide bonds. The number of hydrogen-bond acceptors (Lipinski definition) is 5. The third kappa shape index (κ3) is 5.79. The van der Waals surface area contributed by atoms with Crippen LogP contribution in [0.2, 0.25) is 0 Å². The third-order valence-electron chi connectivity index (χ3n) is 3.47. The van der Waals surface area contributed by atoms with Crippen molar-refractivity contribution in [3.63, 3.8) is 0 Å². The van der Waals surface area contributed by atoms with Gasteiger partial charge in [0.25, 0.3) is 0 Å². The smallest absolute Gasteiger partial charge is 0.187 e. The molecule has 0 fully saturated rings. The summed E-state index contributed by atoms with van der Waals surface area (Å²) in [5.74, 6) is 0. The van der Waals surface area contributed by atoms with Crippen LogP contribution in [0.25, 0.3) is 0 Å². The lowest BCUT2D eigenvalue weighted by Gasteiger charge is -2.11. The number of aliphatic imine (C=N–C) groups is 1. The van der Waals surface area contributed by atoms with Crippen LogP contribution in [0.4, 0.5) is 5.69 Å². The summed E-state index contributed by atoms with van der Waals surface area (Å²) >= 11 is 6.98. The summed E-state index contributed by atoms with van der Waals surface area (Å²) < 4.78 is 0. The molecule has 1 aromatic carbocycles. The Morgan fingerprint density at radius 1 is 1.38 bits per heavy atom. The normalized spacial score (nSPS) is 17.6. The monoisotopic (exact) mass is 363 g/mol. The summed E-state index contributed by atoms with van der Waals surface area (Å²) in [6.45, 7) is 9.13. The maximum Gasteiger partial charge on any atom is 0.187 e. The standard InChI is InChI=1S/C17H25N5S2/c1-5-15-10-18-17(24-15)20-14-8-6-13(7-9-14)12(4)21-22-16(23)19-11(2)3/h6-9,11,15H,5,10H2,1-4H3,(H,18,20)(H2,19,22,23)/b21-12-/t15-/m1/s1. The van der Waals surface area contributed by atoms with Crippen LogP contribution in [-0.2, 0) is 0 Å². The highest BCUT2D eigenvalue weighted by Gasteiger charge is 2.17. The van der Waals surface area contributed by atoms with E-state index >= 15 is 0 Å². The van der Waals surface area contributed by atoms with Gasteiger partial charge >= 0.3 is 0 Å². The summed E-state index contributed by atoms with van der Waals surface area (Å²) in [6.07, 6.45) is 1.15. The molecule has 5 nitrogen and oxygen atoms in total. The van der Waals surface area contributed by atoms with E-state index < -0.39 is 0 Å². The molecule has 0 aliphatic carbocycles. The molecular weight excluding hydrogens is 338 g/mol. The number of thiocarbonyl (C=S) groups is 1. The molecule has 24 heavy (non-hydrogen) atoms. The quantitative estimate of drug-likeness (QED) is 0.424. The molecule has 1 aliphatic rings. The molecule has 0 radical (unpaired) electrons. The number of hydrogen-bond donors (Lipinski definition) is 3. The number of nitrogens with zero attached hydrogens (tertiary/aromatic N) is 2. The molecule has 1 atom stereocenters. The van der Waals surface area contributed by atoms with Gasteiger partial charge in [-0.3, -0.25) is 10.4 Å². The molecule has 0 aromatic heterocycles. The van der Waals surface area contributed by atoms with Crippen molar-refractivity contribution in [3.8, 4) is 0 Å². The van der Waals surface area contributed by atoms with E-state index in [-0.39, 0.29) is 6.04 Å². The van der Waals surface area contributed by atoms with Crippen molar-refractivity contribution in [2.24, 2.45) is 10.1 Å².